The molecule has 3 rings (SSSR count). The van der Waals surface area contributed by atoms with E-state index in [2.05, 4.69) is 6.07 Å². The molecule has 0 aliphatic carbocycles. The van der Waals surface area contributed by atoms with Gasteiger partial charge in [-0.05, 0) is 55.7 Å². The fraction of sp³-hybridized carbons (Fsp3) is 0.393. The van der Waals surface area contributed by atoms with E-state index in [0.717, 1.165) is 9.87 Å². The van der Waals surface area contributed by atoms with Crippen molar-refractivity contribution in [2.75, 3.05) is 50.0 Å². The van der Waals surface area contributed by atoms with Crippen molar-refractivity contribution in [1.82, 2.24) is 4.90 Å². The minimum Gasteiger partial charge on any atom is -0.489 e. The molecule has 0 saturated carbocycles. The molecule has 10 nitrogen and oxygen atoms in total. The first kappa shape index (κ1) is 30.9. The largest absolute Gasteiger partial charge is 0.489 e. The van der Waals surface area contributed by atoms with Crippen LogP contribution in [0.4, 0.5) is 5.69 Å². The van der Waals surface area contributed by atoms with Gasteiger partial charge in [-0.15, -0.1) is 0 Å². The summed E-state index contributed by atoms with van der Waals surface area (Å²) in [7, 11) is -2.77. The van der Waals surface area contributed by atoms with E-state index in [-0.39, 0.29) is 42.5 Å². The lowest BCUT2D eigenvalue weighted by molar-refractivity contribution is -0.142. The van der Waals surface area contributed by atoms with E-state index < -0.39 is 21.7 Å². The molecular weight excluding hydrogens is 558 g/mol. The number of carbonyl (C=O) groups excluding carboxylic acids is 2. The van der Waals surface area contributed by atoms with E-state index in [0.29, 0.717) is 37.2 Å². The quantitative estimate of drug-likeness (QED) is 0.341. The molecular formula is C28H32ClN3O7S. The van der Waals surface area contributed by atoms with Gasteiger partial charge in [-0.25, -0.2) is 8.42 Å². The number of methoxy groups -OCH3 is 1. The Morgan fingerprint density at radius 1 is 1.18 bits per heavy atom. The van der Waals surface area contributed by atoms with Gasteiger partial charge < -0.3 is 14.2 Å². The second kappa shape index (κ2) is 14.7. The Morgan fingerprint density at radius 2 is 1.93 bits per heavy atom. The molecule has 12 heteroatoms. The lowest BCUT2D eigenvalue weighted by atomic mass is 10.1. The van der Waals surface area contributed by atoms with Crippen LogP contribution < -0.4 is 9.04 Å². The Labute approximate surface area is 239 Å². The molecule has 0 amide bonds. The summed E-state index contributed by atoms with van der Waals surface area (Å²) in [4.78, 5) is 25.6. The molecule has 0 spiro atoms. The van der Waals surface area contributed by atoms with Gasteiger partial charge >= 0.3 is 11.9 Å². The number of sulfonamides is 1. The van der Waals surface area contributed by atoms with Gasteiger partial charge in [0.1, 0.15) is 11.9 Å². The van der Waals surface area contributed by atoms with E-state index >= 15 is 0 Å². The highest BCUT2D eigenvalue weighted by atomic mass is 35.5. The molecule has 0 bridgehead atoms. The average molecular weight is 590 g/mol. The Bertz CT molecular complexity index is 1370. The zero-order valence-corrected chi connectivity index (χ0v) is 24.0. The molecule has 2 aromatic carbocycles. The van der Waals surface area contributed by atoms with E-state index in [1.54, 1.807) is 55.5 Å². The van der Waals surface area contributed by atoms with Crippen LogP contribution in [0.5, 0.6) is 5.75 Å². The predicted molar refractivity (Wildman–Crippen MR) is 152 cm³/mol. The third-order valence-corrected chi connectivity index (χ3v) is 8.08. The van der Waals surface area contributed by atoms with Crippen molar-refractivity contribution < 1.29 is 32.2 Å². The van der Waals surface area contributed by atoms with Crippen molar-refractivity contribution in [3.8, 4) is 11.8 Å². The van der Waals surface area contributed by atoms with Crippen LogP contribution in [-0.2, 0) is 29.1 Å². The molecule has 2 aromatic rings. The maximum Gasteiger partial charge on any atom is 0.323 e. The van der Waals surface area contributed by atoms with E-state index in [1.807, 2.05) is 4.90 Å². The zero-order chi connectivity index (χ0) is 29.1. The number of halogens is 1. The fourth-order valence-electron chi connectivity index (χ4n) is 4.16. The second-order valence-corrected chi connectivity index (χ2v) is 11.3. The molecule has 214 valence electrons. The van der Waals surface area contributed by atoms with E-state index in [4.69, 9.17) is 31.1 Å². The standard InChI is InChI=1S/C28H32ClN3O7S/c1-3-38-28(34)20-40(35,36)32(13-5-8-21-6-4-7-22(16-21)18-30)23-9-10-26(25(29)17-23)39-24-11-14-31(15-12-24)19-27(33)37-2/h4-10,16-17,24H,3,11-15,19-20H2,1-2H3. The highest BCUT2D eigenvalue weighted by molar-refractivity contribution is 7.93. The second-order valence-electron chi connectivity index (χ2n) is 9.02. The summed E-state index contributed by atoms with van der Waals surface area (Å²) in [6, 6.07) is 13.6. The number of ether oxygens (including phenoxy) is 3. The van der Waals surface area contributed by atoms with Gasteiger partial charge in [-0.2, -0.15) is 5.26 Å². The molecule has 1 aliphatic rings. The normalized spacial score (nSPS) is 14.4. The molecule has 1 aliphatic heterocycles. The van der Waals surface area contributed by atoms with Gasteiger partial charge in [-0.3, -0.25) is 18.8 Å². The average Bonchev–Trinajstić information content (AvgIpc) is 2.93. The molecule has 0 radical (unpaired) electrons. The van der Waals surface area contributed by atoms with E-state index in [9.17, 15) is 18.0 Å². The van der Waals surface area contributed by atoms with Crippen molar-refractivity contribution in [2.24, 2.45) is 0 Å². The number of rotatable bonds is 12. The Hall–Kier alpha value is -3.59. The van der Waals surface area contributed by atoms with Crippen molar-refractivity contribution in [2.45, 2.75) is 25.9 Å². The van der Waals surface area contributed by atoms with Crippen LogP contribution in [0, 0.1) is 11.3 Å². The van der Waals surface area contributed by atoms with Crippen LogP contribution in [0.1, 0.15) is 30.9 Å². The molecule has 0 atom stereocenters. The maximum absolute atomic E-state index is 13.2. The van der Waals surface area contributed by atoms with Crippen molar-refractivity contribution in [1.29, 1.82) is 5.26 Å². The third-order valence-electron chi connectivity index (χ3n) is 6.15. The fourth-order valence-corrected chi connectivity index (χ4v) is 5.66. The predicted octanol–water partition coefficient (Wildman–Crippen LogP) is 3.64. The number of piperidine rings is 1. The van der Waals surface area contributed by atoms with E-state index in [1.165, 1.54) is 13.2 Å². The minimum atomic E-state index is -4.13. The van der Waals surface area contributed by atoms with Crippen LogP contribution in [0.15, 0.2) is 48.5 Å². The summed E-state index contributed by atoms with van der Waals surface area (Å²) >= 11 is 6.52. The topological polar surface area (TPSA) is 126 Å². The number of nitriles is 1. The molecule has 0 aromatic heterocycles. The molecule has 1 saturated heterocycles. The minimum absolute atomic E-state index is 0.0585. The number of esters is 2. The van der Waals surface area contributed by atoms with Gasteiger partial charge in [0.15, 0.2) is 5.75 Å². The number of nitrogens with zero attached hydrogens (tertiary/aromatic N) is 3. The summed E-state index contributed by atoms with van der Waals surface area (Å²) in [6.45, 7) is 3.13. The Morgan fingerprint density at radius 3 is 2.58 bits per heavy atom. The van der Waals surface area contributed by atoms with Crippen molar-refractivity contribution in [3.63, 3.8) is 0 Å². The highest BCUT2D eigenvalue weighted by Gasteiger charge is 2.27. The van der Waals surface area contributed by atoms with Gasteiger partial charge in [0, 0.05) is 13.1 Å². The van der Waals surface area contributed by atoms with Crippen LogP contribution >= 0.6 is 11.6 Å². The first-order valence-electron chi connectivity index (χ1n) is 12.7. The lowest BCUT2D eigenvalue weighted by Crippen LogP contribution is -2.41. The van der Waals surface area contributed by atoms with Gasteiger partial charge in [0.2, 0.25) is 10.0 Å². The highest BCUT2D eigenvalue weighted by Crippen LogP contribution is 2.32. The number of anilines is 1. The summed E-state index contributed by atoms with van der Waals surface area (Å²) in [5, 5.41) is 9.33. The number of hydrogen-bond donors (Lipinski definition) is 0. The SMILES string of the molecule is CCOC(=O)CS(=O)(=O)N(CC=Cc1cccc(C#N)c1)c1ccc(OC2CCN(CC(=O)OC)CC2)c(Cl)c1. The lowest BCUT2D eigenvalue weighted by Gasteiger charge is -2.31. The molecule has 0 unspecified atom stereocenters. The third kappa shape index (κ3) is 8.98. The summed E-state index contributed by atoms with van der Waals surface area (Å²) in [5.41, 5.74) is 1.46. The maximum atomic E-state index is 13.2. The van der Waals surface area contributed by atoms with Crippen molar-refractivity contribution in [3.05, 3.63) is 64.7 Å². The number of carbonyl (C=O) groups is 2. The number of benzene rings is 2. The van der Waals surface area contributed by atoms with Crippen LogP contribution in [-0.4, -0.2) is 77.0 Å². The molecule has 40 heavy (non-hydrogen) atoms. The van der Waals surface area contributed by atoms with Gasteiger partial charge in [0.25, 0.3) is 0 Å². The van der Waals surface area contributed by atoms with Crippen LogP contribution in [0.25, 0.3) is 6.08 Å². The summed E-state index contributed by atoms with van der Waals surface area (Å²) in [5.74, 6) is -1.57. The smallest absolute Gasteiger partial charge is 0.323 e. The van der Waals surface area contributed by atoms with Gasteiger partial charge in [-0.1, -0.05) is 35.9 Å². The van der Waals surface area contributed by atoms with Crippen LogP contribution in [0.3, 0.4) is 0 Å². The van der Waals surface area contributed by atoms with Gasteiger partial charge in [0.05, 0.1) is 49.1 Å². The molecule has 0 N–H and O–H groups in total. The number of likely N-dealkylation sites (tertiary alicyclic amines) is 1. The summed E-state index contributed by atoms with van der Waals surface area (Å²) in [6.07, 6.45) is 4.58. The monoisotopic (exact) mass is 589 g/mol. The zero-order valence-electron chi connectivity index (χ0n) is 22.4. The Kier molecular flexibility index (Phi) is 11.4. The first-order chi connectivity index (χ1) is 19.1. The molecule has 1 fully saturated rings. The Balaban J connectivity index is 1.76. The number of hydrogen-bond acceptors (Lipinski definition) is 9. The van der Waals surface area contributed by atoms with Crippen molar-refractivity contribution >= 4 is 45.3 Å². The van der Waals surface area contributed by atoms with Crippen LogP contribution in [0.2, 0.25) is 5.02 Å². The summed E-state index contributed by atoms with van der Waals surface area (Å²) < 4.78 is 43.2. The molecule has 1 heterocycles. The first-order valence-corrected chi connectivity index (χ1v) is 14.7.